The first-order valence-electron chi connectivity index (χ1n) is 8.33. The topological polar surface area (TPSA) is 46.9 Å². The first-order chi connectivity index (χ1) is 12.2. The smallest absolute Gasteiger partial charge is 0.224 e. The molecule has 0 bridgehead atoms. The van der Waals surface area contributed by atoms with Crippen LogP contribution in [-0.4, -0.2) is 15.7 Å². The molecule has 1 aliphatic carbocycles. The molecule has 2 atom stereocenters. The van der Waals surface area contributed by atoms with Gasteiger partial charge in [-0.1, -0.05) is 48.0 Å². The summed E-state index contributed by atoms with van der Waals surface area (Å²) in [6.45, 7) is 0.484. The number of para-hydroxylation sites is 1. The minimum atomic E-state index is 0.0177. The van der Waals surface area contributed by atoms with Gasteiger partial charge in [0.25, 0.3) is 0 Å². The van der Waals surface area contributed by atoms with Crippen molar-refractivity contribution >= 4 is 17.5 Å². The van der Waals surface area contributed by atoms with Crippen molar-refractivity contribution < 1.29 is 4.79 Å². The summed E-state index contributed by atoms with van der Waals surface area (Å²) in [5.41, 5.74) is 3.05. The van der Waals surface area contributed by atoms with Crippen LogP contribution >= 0.6 is 11.6 Å². The summed E-state index contributed by atoms with van der Waals surface area (Å²) in [5.74, 6) is 0.335. The van der Waals surface area contributed by atoms with Gasteiger partial charge in [0, 0.05) is 29.2 Å². The van der Waals surface area contributed by atoms with Crippen molar-refractivity contribution in [3.63, 3.8) is 0 Å². The number of carbonyl (C=O) groups is 1. The van der Waals surface area contributed by atoms with E-state index < -0.39 is 0 Å². The number of amides is 1. The van der Waals surface area contributed by atoms with E-state index in [1.807, 2.05) is 65.5 Å². The molecule has 1 amide bonds. The number of hydrogen-bond acceptors (Lipinski definition) is 2. The van der Waals surface area contributed by atoms with Gasteiger partial charge in [0.2, 0.25) is 5.91 Å². The first-order valence-corrected chi connectivity index (χ1v) is 8.71. The van der Waals surface area contributed by atoms with Crippen LogP contribution in [-0.2, 0) is 11.3 Å². The van der Waals surface area contributed by atoms with Gasteiger partial charge >= 0.3 is 0 Å². The Morgan fingerprint density at radius 2 is 1.92 bits per heavy atom. The number of halogens is 1. The van der Waals surface area contributed by atoms with Gasteiger partial charge in [0.1, 0.15) is 0 Å². The molecule has 4 nitrogen and oxygen atoms in total. The van der Waals surface area contributed by atoms with Gasteiger partial charge in [-0.25, -0.2) is 4.68 Å². The van der Waals surface area contributed by atoms with Gasteiger partial charge in [-0.2, -0.15) is 5.10 Å². The summed E-state index contributed by atoms with van der Waals surface area (Å²) >= 11 is 6.22. The summed E-state index contributed by atoms with van der Waals surface area (Å²) in [4.78, 5) is 12.4. The molecule has 3 aromatic rings. The van der Waals surface area contributed by atoms with Crippen molar-refractivity contribution in [3.8, 4) is 5.69 Å². The van der Waals surface area contributed by atoms with E-state index in [0.717, 1.165) is 28.3 Å². The van der Waals surface area contributed by atoms with Gasteiger partial charge < -0.3 is 5.32 Å². The molecule has 0 spiro atoms. The molecule has 1 aliphatic rings. The fraction of sp³-hybridized carbons (Fsp3) is 0.200. The van der Waals surface area contributed by atoms with Crippen LogP contribution in [0.15, 0.2) is 67.0 Å². The highest BCUT2D eigenvalue weighted by Gasteiger charge is 2.44. The van der Waals surface area contributed by atoms with Crippen molar-refractivity contribution in [1.82, 2.24) is 15.1 Å². The Labute approximate surface area is 151 Å². The summed E-state index contributed by atoms with van der Waals surface area (Å²) < 4.78 is 1.81. The quantitative estimate of drug-likeness (QED) is 0.756. The van der Waals surface area contributed by atoms with E-state index in [1.165, 1.54) is 0 Å². The lowest BCUT2D eigenvalue weighted by atomic mass is 10.1. The van der Waals surface area contributed by atoms with Crippen LogP contribution in [0, 0.1) is 5.92 Å². The molecule has 1 saturated carbocycles. The van der Waals surface area contributed by atoms with Gasteiger partial charge in [0.15, 0.2) is 0 Å². The number of rotatable bonds is 5. The van der Waals surface area contributed by atoms with Crippen LogP contribution in [0.25, 0.3) is 5.69 Å². The number of nitrogens with zero attached hydrogens (tertiary/aromatic N) is 2. The molecule has 0 aliphatic heterocycles. The SMILES string of the molecule is O=C(NCc1cnn(-c2ccccc2)c1)C1CC1c1ccccc1Cl. The molecule has 25 heavy (non-hydrogen) atoms. The molecule has 1 N–H and O–H groups in total. The third-order valence-electron chi connectivity index (χ3n) is 4.56. The number of aromatic nitrogens is 2. The second-order valence-corrected chi connectivity index (χ2v) is 6.72. The number of carbonyl (C=O) groups excluding carboxylic acids is 1. The zero-order chi connectivity index (χ0) is 17.2. The standard InChI is InChI=1S/C20H18ClN3O/c21-19-9-5-4-8-16(19)17-10-18(17)20(25)22-11-14-12-23-24(13-14)15-6-2-1-3-7-15/h1-9,12-13,17-18H,10-11H2,(H,22,25). The molecule has 0 radical (unpaired) electrons. The van der Waals surface area contributed by atoms with Crippen molar-refractivity contribution in [3.05, 3.63) is 83.1 Å². The van der Waals surface area contributed by atoms with E-state index in [0.29, 0.717) is 6.54 Å². The summed E-state index contributed by atoms with van der Waals surface area (Å²) in [5, 5.41) is 8.10. The molecule has 5 heteroatoms. The van der Waals surface area contributed by atoms with Crippen molar-refractivity contribution in [2.45, 2.75) is 18.9 Å². The summed E-state index contributed by atoms with van der Waals surface area (Å²) in [6.07, 6.45) is 4.58. The highest BCUT2D eigenvalue weighted by atomic mass is 35.5. The maximum atomic E-state index is 12.4. The Balaban J connectivity index is 1.34. The second kappa shape index (κ2) is 6.73. The van der Waals surface area contributed by atoms with Crippen LogP contribution < -0.4 is 5.32 Å². The van der Waals surface area contributed by atoms with E-state index in [-0.39, 0.29) is 17.7 Å². The van der Waals surface area contributed by atoms with Gasteiger partial charge in [-0.3, -0.25) is 4.79 Å². The lowest BCUT2D eigenvalue weighted by Gasteiger charge is -2.05. The molecule has 126 valence electrons. The van der Waals surface area contributed by atoms with E-state index in [4.69, 9.17) is 11.6 Å². The minimum absolute atomic E-state index is 0.0177. The molecule has 1 aromatic heterocycles. The maximum absolute atomic E-state index is 12.4. The average Bonchev–Trinajstić information content (AvgIpc) is 3.30. The monoisotopic (exact) mass is 351 g/mol. The predicted molar refractivity (Wildman–Crippen MR) is 97.7 cm³/mol. The summed E-state index contributed by atoms with van der Waals surface area (Å²) in [7, 11) is 0. The highest BCUT2D eigenvalue weighted by Crippen LogP contribution is 2.49. The summed E-state index contributed by atoms with van der Waals surface area (Å²) in [6, 6.07) is 17.7. The Morgan fingerprint density at radius 1 is 1.16 bits per heavy atom. The average molecular weight is 352 g/mol. The zero-order valence-corrected chi connectivity index (χ0v) is 14.4. The van der Waals surface area contributed by atoms with Gasteiger partial charge in [-0.05, 0) is 36.1 Å². The Hall–Kier alpha value is -2.59. The molecular formula is C20H18ClN3O. The van der Waals surface area contributed by atoms with Crippen molar-refractivity contribution in [2.24, 2.45) is 5.92 Å². The van der Waals surface area contributed by atoms with Gasteiger partial charge in [-0.15, -0.1) is 0 Å². The van der Waals surface area contributed by atoms with Crippen molar-refractivity contribution in [1.29, 1.82) is 0 Å². The Morgan fingerprint density at radius 3 is 2.72 bits per heavy atom. The van der Waals surface area contributed by atoms with Crippen LogP contribution in [0.1, 0.15) is 23.5 Å². The maximum Gasteiger partial charge on any atom is 0.224 e. The van der Waals surface area contributed by atoms with Crippen LogP contribution in [0.3, 0.4) is 0 Å². The van der Waals surface area contributed by atoms with Crippen LogP contribution in [0.2, 0.25) is 5.02 Å². The number of hydrogen-bond donors (Lipinski definition) is 1. The fourth-order valence-electron chi connectivity index (χ4n) is 3.10. The van der Waals surface area contributed by atoms with Crippen molar-refractivity contribution in [2.75, 3.05) is 0 Å². The van der Waals surface area contributed by atoms with Crippen LogP contribution in [0.4, 0.5) is 0 Å². The highest BCUT2D eigenvalue weighted by molar-refractivity contribution is 6.31. The first kappa shape index (κ1) is 15.9. The van der Waals surface area contributed by atoms with E-state index in [1.54, 1.807) is 6.20 Å². The molecule has 4 rings (SSSR count). The molecule has 2 aromatic carbocycles. The predicted octanol–water partition coefficient (Wildman–Crippen LogP) is 3.95. The third kappa shape index (κ3) is 3.44. The Kier molecular flexibility index (Phi) is 4.28. The lowest BCUT2D eigenvalue weighted by molar-refractivity contribution is -0.122. The largest absolute Gasteiger partial charge is 0.352 e. The molecule has 0 saturated heterocycles. The number of nitrogens with one attached hydrogen (secondary N) is 1. The molecule has 1 heterocycles. The molecule has 1 fully saturated rings. The lowest BCUT2D eigenvalue weighted by Crippen LogP contribution is -2.24. The van der Waals surface area contributed by atoms with Crippen LogP contribution in [0.5, 0.6) is 0 Å². The van der Waals surface area contributed by atoms with Gasteiger partial charge in [0.05, 0.1) is 11.9 Å². The van der Waals surface area contributed by atoms with E-state index >= 15 is 0 Å². The number of benzene rings is 2. The second-order valence-electron chi connectivity index (χ2n) is 6.32. The molecular weight excluding hydrogens is 334 g/mol. The zero-order valence-electron chi connectivity index (χ0n) is 13.6. The fourth-order valence-corrected chi connectivity index (χ4v) is 3.37. The third-order valence-corrected chi connectivity index (χ3v) is 4.90. The normalized spacial score (nSPS) is 18.8. The molecule has 2 unspecified atom stereocenters. The van der Waals surface area contributed by atoms with E-state index in [9.17, 15) is 4.79 Å². The minimum Gasteiger partial charge on any atom is -0.352 e. The van der Waals surface area contributed by atoms with E-state index in [2.05, 4.69) is 10.4 Å². The Bertz CT molecular complexity index is 891.